The first-order valence-electron chi connectivity index (χ1n) is 5.36. The highest BCUT2D eigenvalue weighted by Gasteiger charge is 2.16. The number of benzene rings is 1. The third-order valence-electron chi connectivity index (χ3n) is 2.46. The van der Waals surface area contributed by atoms with E-state index in [0.717, 1.165) is 10.6 Å². The molecule has 0 atom stereocenters. The van der Waals surface area contributed by atoms with Crippen LogP contribution in [0.3, 0.4) is 0 Å². The normalized spacial score (nSPS) is 12.0. The Kier molecular flexibility index (Phi) is 3.88. The molecule has 1 heterocycles. The van der Waals surface area contributed by atoms with Crippen molar-refractivity contribution in [2.75, 3.05) is 13.3 Å². The molecule has 0 N–H and O–H groups in total. The Morgan fingerprint density at radius 1 is 1.37 bits per heavy atom. The Balaban J connectivity index is 2.20. The van der Waals surface area contributed by atoms with Crippen molar-refractivity contribution < 1.29 is 12.8 Å². The highest BCUT2D eigenvalue weighted by atomic mass is 35.5. The first kappa shape index (κ1) is 14.0. The molecule has 0 aliphatic rings. The van der Waals surface area contributed by atoms with E-state index in [1.807, 2.05) is 0 Å². The van der Waals surface area contributed by atoms with Crippen LogP contribution in [0.2, 0.25) is 5.02 Å². The molecular formula is C11H12ClN3O3S. The van der Waals surface area contributed by atoms with Crippen LogP contribution in [0.1, 0.15) is 5.89 Å². The van der Waals surface area contributed by atoms with Gasteiger partial charge < -0.3 is 4.42 Å². The summed E-state index contributed by atoms with van der Waals surface area (Å²) >= 11 is 5.87. The number of sulfonamides is 1. The molecule has 1 aromatic carbocycles. The Morgan fingerprint density at radius 2 is 2.11 bits per heavy atom. The molecule has 0 aliphatic carbocycles. The fourth-order valence-corrected chi connectivity index (χ4v) is 1.90. The van der Waals surface area contributed by atoms with Crippen LogP contribution >= 0.6 is 11.6 Å². The molecule has 19 heavy (non-hydrogen) atoms. The van der Waals surface area contributed by atoms with E-state index in [-0.39, 0.29) is 12.4 Å². The quantitative estimate of drug-likeness (QED) is 0.860. The second kappa shape index (κ2) is 5.28. The number of halogens is 1. The van der Waals surface area contributed by atoms with Gasteiger partial charge in [0.15, 0.2) is 0 Å². The van der Waals surface area contributed by atoms with E-state index in [9.17, 15) is 8.42 Å². The standard InChI is InChI=1S/C11H12ClN3O3S/c1-15(19(2,16)17)7-10-13-14-11(18-10)8-4-3-5-9(12)6-8/h3-6H,7H2,1-2H3. The van der Waals surface area contributed by atoms with Gasteiger partial charge in [-0.2, -0.15) is 4.31 Å². The van der Waals surface area contributed by atoms with Crippen LogP contribution in [0.25, 0.3) is 11.5 Å². The molecule has 8 heteroatoms. The lowest BCUT2D eigenvalue weighted by Crippen LogP contribution is -2.25. The zero-order valence-corrected chi connectivity index (χ0v) is 11.9. The lowest BCUT2D eigenvalue weighted by molar-refractivity contribution is 0.402. The molecule has 0 saturated heterocycles. The van der Waals surface area contributed by atoms with Crippen molar-refractivity contribution in [2.24, 2.45) is 0 Å². The summed E-state index contributed by atoms with van der Waals surface area (Å²) in [6, 6.07) is 6.98. The lowest BCUT2D eigenvalue weighted by atomic mass is 10.2. The Labute approximate surface area is 116 Å². The number of aromatic nitrogens is 2. The van der Waals surface area contributed by atoms with Crippen molar-refractivity contribution in [1.82, 2.24) is 14.5 Å². The van der Waals surface area contributed by atoms with Crippen LogP contribution in [0.15, 0.2) is 28.7 Å². The van der Waals surface area contributed by atoms with Crippen LogP contribution in [0.5, 0.6) is 0 Å². The SMILES string of the molecule is CN(Cc1nnc(-c2cccc(Cl)c2)o1)S(C)(=O)=O. The fraction of sp³-hybridized carbons (Fsp3) is 0.273. The predicted molar refractivity (Wildman–Crippen MR) is 71.1 cm³/mol. The van der Waals surface area contributed by atoms with Crippen molar-refractivity contribution in [3.63, 3.8) is 0 Å². The van der Waals surface area contributed by atoms with Gasteiger partial charge >= 0.3 is 0 Å². The van der Waals surface area contributed by atoms with Gasteiger partial charge in [-0.3, -0.25) is 0 Å². The third-order valence-corrected chi connectivity index (χ3v) is 3.96. The number of nitrogens with zero attached hydrogens (tertiary/aromatic N) is 3. The topological polar surface area (TPSA) is 76.3 Å². The second-order valence-electron chi connectivity index (χ2n) is 4.03. The minimum atomic E-state index is -3.28. The summed E-state index contributed by atoms with van der Waals surface area (Å²) in [6.07, 6.45) is 1.11. The highest BCUT2D eigenvalue weighted by Crippen LogP contribution is 2.21. The monoisotopic (exact) mass is 301 g/mol. The van der Waals surface area contributed by atoms with Crippen molar-refractivity contribution in [1.29, 1.82) is 0 Å². The molecule has 0 bridgehead atoms. The maximum Gasteiger partial charge on any atom is 0.247 e. The average molecular weight is 302 g/mol. The van der Waals surface area contributed by atoms with Crippen molar-refractivity contribution >= 4 is 21.6 Å². The Morgan fingerprint density at radius 3 is 2.74 bits per heavy atom. The molecule has 2 rings (SSSR count). The maximum absolute atomic E-state index is 11.3. The first-order chi connectivity index (χ1) is 8.86. The van der Waals surface area contributed by atoms with E-state index in [1.54, 1.807) is 24.3 Å². The van der Waals surface area contributed by atoms with Crippen LogP contribution in [0.4, 0.5) is 0 Å². The fourth-order valence-electron chi connectivity index (χ4n) is 1.36. The minimum Gasteiger partial charge on any atom is -0.419 e. The molecule has 6 nitrogen and oxygen atoms in total. The van der Waals surface area contributed by atoms with Crippen LogP contribution in [-0.2, 0) is 16.6 Å². The first-order valence-corrected chi connectivity index (χ1v) is 7.58. The van der Waals surface area contributed by atoms with Gasteiger partial charge in [-0.1, -0.05) is 17.7 Å². The molecule has 1 aromatic heterocycles. The second-order valence-corrected chi connectivity index (χ2v) is 6.56. The van der Waals surface area contributed by atoms with E-state index < -0.39 is 10.0 Å². The van der Waals surface area contributed by atoms with Gasteiger partial charge in [0.05, 0.1) is 12.8 Å². The molecule has 102 valence electrons. The van der Waals surface area contributed by atoms with Crippen molar-refractivity contribution in [3.8, 4) is 11.5 Å². The zero-order valence-electron chi connectivity index (χ0n) is 10.4. The molecular weight excluding hydrogens is 290 g/mol. The Bertz CT molecular complexity index is 684. The molecule has 0 unspecified atom stereocenters. The van der Waals surface area contributed by atoms with Gasteiger partial charge in [0.1, 0.15) is 0 Å². The Hall–Kier alpha value is -1.44. The summed E-state index contributed by atoms with van der Waals surface area (Å²) in [5.41, 5.74) is 0.688. The summed E-state index contributed by atoms with van der Waals surface area (Å²) in [7, 11) is -1.84. The van der Waals surface area contributed by atoms with Gasteiger partial charge in [-0.05, 0) is 18.2 Å². The van der Waals surface area contributed by atoms with E-state index in [4.69, 9.17) is 16.0 Å². The lowest BCUT2D eigenvalue weighted by Gasteiger charge is -2.10. The summed E-state index contributed by atoms with van der Waals surface area (Å²) in [4.78, 5) is 0. The number of hydrogen-bond donors (Lipinski definition) is 0. The molecule has 0 fully saturated rings. The summed E-state index contributed by atoms with van der Waals surface area (Å²) < 4.78 is 29.1. The summed E-state index contributed by atoms with van der Waals surface area (Å²) in [6.45, 7) is 0.0341. The summed E-state index contributed by atoms with van der Waals surface area (Å²) in [5, 5.41) is 8.24. The third kappa shape index (κ3) is 3.52. The number of hydrogen-bond acceptors (Lipinski definition) is 5. The van der Waals surface area contributed by atoms with Gasteiger partial charge in [0.25, 0.3) is 0 Å². The van der Waals surface area contributed by atoms with Crippen molar-refractivity contribution in [2.45, 2.75) is 6.54 Å². The van der Waals surface area contributed by atoms with E-state index in [0.29, 0.717) is 16.5 Å². The van der Waals surface area contributed by atoms with Crippen molar-refractivity contribution in [3.05, 3.63) is 35.2 Å². The largest absolute Gasteiger partial charge is 0.419 e. The smallest absolute Gasteiger partial charge is 0.247 e. The van der Waals surface area contributed by atoms with E-state index in [2.05, 4.69) is 10.2 Å². The van der Waals surface area contributed by atoms with Gasteiger partial charge in [0.2, 0.25) is 21.8 Å². The molecule has 0 amide bonds. The van der Waals surface area contributed by atoms with E-state index in [1.165, 1.54) is 7.05 Å². The minimum absolute atomic E-state index is 0.0341. The summed E-state index contributed by atoms with van der Waals surface area (Å²) in [5.74, 6) is 0.530. The molecule has 0 aliphatic heterocycles. The van der Waals surface area contributed by atoms with Crippen LogP contribution in [0, 0.1) is 0 Å². The zero-order chi connectivity index (χ0) is 14.0. The molecule has 0 spiro atoms. The average Bonchev–Trinajstić information content (AvgIpc) is 2.76. The van der Waals surface area contributed by atoms with Gasteiger partial charge in [0, 0.05) is 17.6 Å². The maximum atomic E-state index is 11.3. The predicted octanol–water partition coefficient (Wildman–Crippen LogP) is 1.78. The molecule has 0 saturated carbocycles. The van der Waals surface area contributed by atoms with E-state index >= 15 is 0 Å². The molecule has 2 aromatic rings. The van der Waals surface area contributed by atoms with Gasteiger partial charge in [-0.25, -0.2) is 8.42 Å². The van der Waals surface area contributed by atoms with Gasteiger partial charge in [-0.15, -0.1) is 10.2 Å². The number of rotatable bonds is 4. The molecule has 0 radical (unpaired) electrons. The van der Waals surface area contributed by atoms with Crippen LogP contribution in [-0.4, -0.2) is 36.2 Å². The highest BCUT2D eigenvalue weighted by molar-refractivity contribution is 7.88. The van der Waals surface area contributed by atoms with Crippen LogP contribution < -0.4 is 0 Å².